The summed E-state index contributed by atoms with van der Waals surface area (Å²) < 4.78 is 26.0. The number of hydrogen-bond donors (Lipinski definition) is 2. The van der Waals surface area contributed by atoms with E-state index in [1.165, 1.54) is 11.1 Å². The summed E-state index contributed by atoms with van der Waals surface area (Å²) in [5, 5.41) is 11.5. The molecular weight excluding hydrogens is 540 g/mol. The Morgan fingerprint density at radius 2 is 1.51 bits per heavy atom. The van der Waals surface area contributed by atoms with Gasteiger partial charge in [0.15, 0.2) is 0 Å². The van der Waals surface area contributed by atoms with Crippen LogP contribution in [0.5, 0.6) is 23.0 Å². The number of carbonyl (C=O) groups excluding carboxylic acids is 1. The first-order valence-electron chi connectivity index (χ1n) is 13.9. The molecule has 0 aliphatic heterocycles. The molecule has 2 aromatic heterocycles. The quantitative estimate of drug-likeness (QED) is 0.0933. The number of aromatic nitrogens is 2. The average molecular weight is 579 g/mol. The molecule has 4 rings (SSSR count). The minimum atomic E-state index is -1.04. The fourth-order valence-electron chi connectivity index (χ4n) is 4.57. The lowest BCUT2D eigenvalue weighted by atomic mass is 10.0. The number of aliphatic hydroxyl groups is 1. The molecule has 218 valence electrons. The SMILES string of the molecule is CCCCOc1ccc(C(=O)c2c(-n3cccc3C(O)c3ccc(OCCCC)cc3OC)ccn2S)c(OC)c1. The number of unbranched alkanes of at least 4 members (excludes halogenated alkanes) is 2. The molecule has 0 aliphatic carbocycles. The fraction of sp³-hybridized carbons (Fsp3) is 0.344. The molecule has 2 aromatic carbocycles. The highest BCUT2D eigenvalue weighted by Gasteiger charge is 2.26. The maximum atomic E-state index is 13.9. The van der Waals surface area contributed by atoms with Crippen LogP contribution in [0, 0.1) is 0 Å². The lowest BCUT2D eigenvalue weighted by Crippen LogP contribution is -2.13. The normalized spacial score (nSPS) is 11.8. The van der Waals surface area contributed by atoms with Gasteiger partial charge in [0, 0.05) is 30.1 Å². The number of rotatable bonds is 15. The van der Waals surface area contributed by atoms with Crippen LogP contribution in [0.4, 0.5) is 0 Å². The van der Waals surface area contributed by atoms with Crippen molar-refractivity contribution in [2.45, 2.75) is 45.6 Å². The van der Waals surface area contributed by atoms with E-state index < -0.39 is 6.10 Å². The summed E-state index contributed by atoms with van der Waals surface area (Å²) in [4.78, 5) is 13.9. The Balaban J connectivity index is 1.66. The predicted octanol–water partition coefficient (Wildman–Crippen LogP) is 6.66. The molecule has 1 unspecified atom stereocenters. The van der Waals surface area contributed by atoms with Crippen molar-refractivity contribution >= 4 is 18.6 Å². The van der Waals surface area contributed by atoms with Crippen LogP contribution < -0.4 is 18.9 Å². The van der Waals surface area contributed by atoms with Gasteiger partial charge in [0.25, 0.3) is 0 Å². The Kier molecular flexibility index (Phi) is 10.4. The van der Waals surface area contributed by atoms with Crippen molar-refractivity contribution in [3.8, 4) is 28.7 Å². The molecule has 0 fully saturated rings. The lowest BCUT2D eigenvalue weighted by molar-refractivity contribution is 0.103. The molecule has 0 amide bonds. The van der Waals surface area contributed by atoms with Crippen molar-refractivity contribution in [1.82, 2.24) is 8.54 Å². The van der Waals surface area contributed by atoms with Crippen molar-refractivity contribution < 1.29 is 28.8 Å². The molecule has 9 heteroatoms. The summed E-state index contributed by atoms with van der Waals surface area (Å²) in [6.07, 6.45) is 6.41. The van der Waals surface area contributed by atoms with Gasteiger partial charge in [-0.05, 0) is 55.3 Å². The summed E-state index contributed by atoms with van der Waals surface area (Å²) in [7, 11) is 3.09. The highest BCUT2D eigenvalue weighted by atomic mass is 32.1. The van der Waals surface area contributed by atoms with Crippen molar-refractivity contribution in [3.05, 3.63) is 89.5 Å². The molecule has 2 heterocycles. The van der Waals surface area contributed by atoms with E-state index in [0.29, 0.717) is 64.4 Å². The number of ketones is 1. The van der Waals surface area contributed by atoms with E-state index in [4.69, 9.17) is 18.9 Å². The first-order valence-corrected chi connectivity index (χ1v) is 14.3. The Hall–Kier alpha value is -3.82. The second-order valence-electron chi connectivity index (χ2n) is 9.60. The third-order valence-electron chi connectivity index (χ3n) is 6.83. The monoisotopic (exact) mass is 578 g/mol. The molecule has 4 aromatic rings. The van der Waals surface area contributed by atoms with Crippen LogP contribution in [0.1, 0.15) is 72.9 Å². The molecular formula is C32H38N2O6S. The first kappa shape index (κ1) is 30.1. The van der Waals surface area contributed by atoms with E-state index in [-0.39, 0.29) is 5.78 Å². The molecule has 0 bridgehead atoms. The molecule has 0 saturated heterocycles. The molecule has 1 atom stereocenters. The standard InChI is InChI=1S/C32H38N2O6S/c1-5-7-18-39-22-11-13-24(28(20-22)37-3)31(35)27-10-9-16-33(27)26-15-17-34(41)30(26)32(36)25-14-12-23(21-29(25)38-4)40-19-8-6-2/h9-17,20-21,31,35,41H,5-8,18-19H2,1-4H3. The average Bonchev–Trinajstić information content (AvgIpc) is 3.63. The maximum Gasteiger partial charge on any atom is 0.216 e. The van der Waals surface area contributed by atoms with Crippen LogP contribution in [0.3, 0.4) is 0 Å². The number of thiol groups is 1. The topological polar surface area (TPSA) is 84.1 Å². The van der Waals surface area contributed by atoms with Gasteiger partial charge in [-0.1, -0.05) is 39.5 Å². The van der Waals surface area contributed by atoms with Gasteiger partial charge in [-0.15, -0.1) is 0 Å². The van der Waals surface area contributed by atoms with E-state index in [0.717, 1.165) is 25.7 Å². The maximum absolute atomic E-state index is 13.9. The van der Waals surface area contributed by atoms with Gasteiger partial charge in [0.05, 0.1) is 44.4 Å². The summed E-state index contributed by atoms with van der Waals surface area (Å²) >= 11 is 4.53. The van der Waals surface area contributed by atoms with Gasteiger partial charge in [0.1, 0.15) is 34.8 Å². The minimum absolute atomic E-state index is 0.280. The van der Waals surface area contributed by atoms with E-state index in [2.05, 4.69) is 26.7 Å². The van der Waals surface area contributed by atoms with Crippen molar-refractivity contribution in [2.24, 2.45) is 0 Å². The summed E-state index contributed by atoms with van der Waals surface area (Å²) in [6.45, 7) is 5.41. The summed E-state index contributed by atoms with van der Waals surface area (Å²) in [5.74, 6) is 1.95. The number of carbonyl (C=O) groups is 1. The zero-order chi connectivity index (χ0) is 29.4. The number of ether oxygens (including phenoxy) is 4. The Morgan fingerprint density at radius 1 is 0.878 bits per heavy atom. The van der Waals surface area contributed by atoms with Gasteiger partial charge in [-0.2, -0.15) is 0 Å². The zero-order valence-electron chi connectivity index (χ0n) is 24.0. The van der Waals surface area contributed by atoms with Crippen molar-refractivity contribution in [2.75, 3.05) is 27.4 Å². The third-order valence-corrected chi connectivity index (χ3v) is 7.16. The van der Waals surface area contributed by atoms with Crippen LogP contribution in [-0.4, -0.2) is 46.9 Å². The number of aliphatic hydroxyl groups excluding tert-OH is 1. The number of methoxy groups -OCH3 is 2. The van der Waals surface area contributed by atoms with Crippen LogP contribution in [0.2, 0.25) is 0 Å². The zero-order valence-corrected chi connectivity index (χ0v) is 24.9. The summed E-state index contributed by atoms with van der Waals surface area (Å²) in [5.41, 5.74) is 2.40. The molecule has 0 saturated carbocycles. The van der Waals surface area contributed by atoms with Crippen LogP contribution in [0.15, 0.2) is 67.0 Å². The number of hydrogen-bond acceptors (Lipinski definition) is 7. The highest BCUT2D eigenvalue weighted by Crippen LogP contribution is 2.36. The van der Waals surface area contributed by atoms with Crippen molar-refractivity contribution in [1.29, 1.82) is 0 Å². The first-order chi connectivity index (χ1) is 19.9. The van der Waals surface area contributed by atoms with Crippen LogP contribution in [0.25, 0.3) is 5.69 Å². The molecule has 8 nitrogen and oxygen atoms in total. The Morgan fingerprint density at radius 3 is 2.15 bits per heavy atom. The molecule has 0 spiro atoms. The van der Waals surface area contributed by atoms with E-state index in [9.17, 15) is 9.90 Å². The Bertz CT molecular complexity index is 1460. The molecule has 1 N–H and O–H groups in total. The molecule has 0 aliphatic rings. The van der Waals surface area contributed by atoms with Gasteiger partial charge in [0.2, 0.25) is 5.78 Å². The number of benzene rings is 2. The van der Waals surface area contributed by atoms with Crippen molar-refractivity contribution in [3.63, 3.8) is 0 Å². The van der Waals surface area contributed by atoms with Gasteiger partial charge in [-0.3, -0.25) is 8.77 Å². The van der Waals surface area contributed by atoms with E-state index >= 15 is 0 Å². The summed E-state index contributed by atoms with van der Waals surface area (Å²) in [6, 6.07) is 16.0. The Labute approximate surface area is 247 Å². The molecule has 41 heavy (non-hydrogen) atoms. The largest absolute Gasteiger partial charge is 0.496 e. The smallest absolute Gasteiger partial charge is 0.216 e. The van der Waals surface area contributed by atoms with Crippen LogP contribution >= 0.6 is 12.8 Å². The van der Waals surface area contributed by atoms with Crippen LogP contribution in [-0.2, 0) is 0 Å². The second-order valence-corrected chi connectivity index (χ2v) is 10.0. The fourth-order valence-corrected chi connectivity index (χ4v) is 4.83. The predicted molar refractivity (Wildman–Crippen MR) is 162 cm³/mol. The van der Waals surface area contributed by atoms with E-state index in [1.54, 1.807) is 60.5 Å². The lowest BCUT2D eigenvalue weighted by Gasteiger charge is -2.19. The van der Waals surface area contributed by atoms with Gasteiger partial charge < -0.3 is 28.6 Å². The minimum Gasteiger partial charge on any atom is -0.496 e. The number of nitrogens with zero attached hydrogens (tertiary/aromatic N) is 2. The van der Waals surface area contributed by atoms with E-state index in [1.807, 2.05) is 18.2 Å². The van der Waals surface area contributed by atoms with Gasteiger partial charge >= 0.3 is 0 Å². The second kappa shape index (κ2) is 14.2. The van der Waals surface area contributed by atoms with Gasteiger partial charge in [-0.25, -0.2) is 0 Å². The highest BCUT2D eigenvalue weighted by molar-refractivity contribution is 7.78. The third kappa shape index (κ3) is 6.74. The molecule has 0 radical (unpaired) electrons.